The Bertz CT molecular complexity index is 511. The van der Waals surface area contributed by atoms with Gasteiger partial charge < -0.3 is 4.90 Å². The fraction of sp³-hybridized carbons (Fsp3) is 0.385. The molecule has 18 heavy (non-hydrogen) atoms. The minimum atomic E-state index is 0.0506. The predicted octanol–water partition coefficient (Wildman–Crippen LogP) is 2.75. The highest BCUT2D eigenvalue weighted by atomic mass is 32.1. The van der Waals surface area contributed by atoms with E-state index in [1.54, 1.807) is 11.3 Å². The van der Waals surface area contributed by atoms with Crippen molar-refractivity contribution in [2.24, 2.45) is 0 Å². The zero-order chi connectivity index (χ0) is 13.1. The van der Waals surface area contributed by atoms with Crippen LogP contribution in [0.4, 0.5) is 0 Å². The number of hydrogen-bond donors (Lipinski definition) is 1. The Labute approximate surface area is 111 Å². The van der Waals surface area contributed by atoms with Crippen molar-refractivity contribution in [3.8, 4) is 0 Å². The van der Waals surface area contributed by atoms with Crippen molar-refractivity contribution in [3.05, 3.63) is 39.3 Å². The molecule has 2 aromatic heterocycles. The molecule has 0 aliphatic carbocycles. The second kappa shape index (κ2) is 5.35. The fourth-order valence-electron chi connectivity index (χ4n) is 1.94. The van der Waals surface area contributed by atoms with Crippen LogP contribution in [0.15, 0.2) is 17.5 Å². The van der Waals surface area contributed by atoms with Crippen LogP contribution in [-0.2, 0) is 6.54 Å². The van der Waals surface area contributed by atoms with Gasteiger partial charge in [0, 0.05) is 17.1 Å². The maximum atomic E-state index is 12.5. The quantitative estimate of drug-likeness (QED) is 0.922. The summed E-state index contributed by atoms with van der Waals surface area (Å²) in [7, 11) is 0. The standard InChI is InChI=1S/C13H17N3OS/c1-4-16(8-11-6-5-7-18-11)13(17)12-9(2)14-15-10(12)3/h5-7H,4,8H2,1-3H3,(H,14,15). The maximum absolute atomic E-state index is 12.5. The van der Waals surface area contributed by atoms with Crippen LogP contribution in [0.25, 0.3) is 0 Å². The number of aryl methyl sites for hydroxylation is 2. The molecule has 0 aromatic carbocycles. The lowest BCUT2D eigenvalue weighted by Crippen LogP contribution is -2.30. The molecule has 0 unspecified atom stereocenters. The molecule has 1 amide bonds. The average molecular weight is 263 g/mol. The molecule has 0 aliphatic heterocycles. The third kappa shape index (κ3) is 2.46. The number of rotatable bonds is 4. The Morgan fingerprint density at radius 1 is 1.50 bits per heavy atom. The molecular formula is C13H17N3OS. The van der Waals surface area contributed by atoms with E-state index < -0.39 is 0 Å². The molecular weight excluding hydrogens is 246 g/mol. The summed E-state index contributed by atoms with van der Waals surface area (Å²) in [5.74, 6) is 0.0506. The number of carbonyl (C=O) groups excluding carboxylic acids is 1. The van der Waals surface area contributed by atoms with E-state index in [2.05, 4.69) is 16.3 Å². The normalized spacial score (nSPS) is 10.6. The molecule has 1 N–H and O–H groups in total. The van der Waals surface area contributed by atoms with Crippen LogP contribution in [0.5, 0.6) is 0 Å². The summed E-state index contributed by atoms with van der Waals surface area (Å²) in [5, 5.41) is 8.97. The first-order valence-corrected chi connectivity index (χ1v) is 6.84. The minimum absolute atomic E-state index is 0.0506. The van der Waals surface area contributed by atoms with E-state index in [0.29, 0.717) is 18.7 Å². The Morgan fingerprint density at radius 3 is 2.78 bits per heavy atom. The van der Waals surface area contributed by atoms with E-state index >= 15 is 0 Å². The minimum Gasteiger partial charge on any atom is -0.334 e. The smallest absolute Gasteiger partial charge is 0.257 e. The van der Waals surface area contributed by atoms with Gasteiger partial charge in [-0.2, -0.15) is 5.10 Å². The Balaban J connectivity index is 2.20. The fourth-order valence-corrected chi connectivity index (χ4v) is 2.66. The van der Waals surface area contributed by atoms with E-state index in [-0.39, 0.29) is 5.91 Å². The number of nitrogens with zero attached hydrogens (tertiary/aromatic N) is 2. The van der Waals surface area contributed by atoms with Gasteiger partial charge in [-0.15, -0.1) is 11.3 Å². The first-order chi connectivity index (χ1) is 8.63. The summed E-state index contributed by atoms with van der Waals surface area (Å²) in [4.78, 5) is 15.5. The Hall–Kier alpha value is -1.62. The molecule has 2 rings (SSSR count). The van der Waals surface area contributed by atoms with E-state index in [1.165, 1.54) is 4.88 Å². The zero-order valence-electron chi connectivity index (χ0n) is 10.9. The SMILES string of the molecule is CCN(Cc1cccs1)C(=O)c1c(C)n[nH]c1C. The van der Waals surface area contributed by atoms with Gasteiger partial charge in [0.15, 0.2) is 0 Å². The topological polar surface area (TPSA) is 49.0 Å². The number of amides is 1. The average Bonchev–Trinajstić information content (AvgIpc) is 2.96. The molecule has 2 aromatic rings. The first kappa shape index (κ1) is 12.8. The summed E-state index contributed by atoms with van der Waals surface area (Å²) in [6, 6.07) is 4.06. The number of nitrogens with one attached hydrogen (secondary N) is 1. The zero-order valence-corrected chi connectivity index (χ0v) is 11.7. The van der Waals surface area contributed by atoms with Gasteiger partial charge in [0.2, 0.25) is 0 Å². The highest BCUT2D eigenvalue weighted by Gasteiger charge is 2.20. The highest BCUT2D eigenvalue weighted by molar-refractivity contribution is 7.09. The van der Waals surface area contributed by atoms with Crippen molar-refractivity contribution in [3.63, 3.8) is 0 Å². The van der Waals surface area contributed by atoms with Crippen molar-refractivity contribution in [1.29, 1.82) is 0 Å². The van der Waals surface area contributed by atoms with Crippen molar-refractivity contribution in [2.75, 3.05) is 6.54 Å². The maximum Gasteiger partial charge on any atom is 0.257 e. The van der Waals surface area contributed by atoms with Crippen LogP contribution < -0.4 is 0 Å². The van der Waals surface area contributed by atoms with Gasteiger partial charge in [0.1, 0.15) is 0 Å². The first-order valence-electron chi connectivity index (χ1n) is 5.96. The molecule has 0 atom stereocenters. The summed E-state index contributed by atoms with van der Waals surface area (Å²) in [5.41, 5.74) is 2.30. The number of H-pyrrole nitrogens is 1. The predicted molar refractivity (Wildman–Crippen MR) is 72.8 cm³/mol. The monoisotopic (exact) mass is 263 g/mol. The van der Waals surface area contributed by atoms with Gasteiger partial charge in [0.25, 0.3) is 5.91 Å². The molecule has 5 heteroatoms. The van der Waals surface area contributed by atoms with E-state index in [1.807, 2.05) is 37.1 Å². The summed E-state index contributed by atoms with van der Waals surface area (Å²) >= 11 is 1.67. The van der Waals surface area contributed by atoms with Crippen LogP contribution in [-0.4, -0.2) is 27.5 Å². The van der Waals surface area contributed by atoms with Crippen LogP contribution in [0.1, 0.15) is 33.5 Å². The van der Waals surface area contributed by atoms with Gasteiger partial charge in [-0.1, -0.05) is 6.07 Å². The lowest BCUT2D eigenvalue weighted by Gasteiger charge is -2.20. The molecule has 0 aliphatic rings. The number of carbonyl (C=O) groups is 1. The van der Waals surface area contributed by atoms with Crippen LogP contribution in [0, 0.1) is 13.8 Å². The largest absolute Gasteiger partial charge is 0.334 e. The van der Waals surface area contributed by atoms with E-state index in [9.17, 15) is 4.79 Å². The number of aromatic amines is 1. The number of aromatic nitrogens is 2. The third-order valence-electron chi connectivity index (χ3n) is 2.94. The van der Waals surface area contributed by atoms with E-state index in [0.717, 1.165) is 11.4 Å². The molecule has 0 bridgehead atoms. The molecule has 0 radical (unpaired) electrons. The Kier molecular flexibility index (Phi) is 3.81. The molecule has 0 saturated carbocycles. The summed E-state index contributed by atoms with van der Waals surface area (Å²) < 4.78 is 0. The molecule has 0 fully saturated rings. The molecule has 4 nitrogen and oxygen atoms in total. The second-order valence-electron chi connectivity index (χ2n) is 4.21. The van der Waals surface area contributed by atoms with Gasteiger partial charge in [-0.3, -0.25) is 9.89 Å². The van der Waals surface area contributed by atoms with Crippen LogP contribution >= 0.6 is 11.3 Å². The Morgan fingerprint density at radius 2 is 2.28 bits per heavy atom. The van der Waals surface area contributed by atoms with Crippen molar-refractivity contribution in [2.45, 2.75) is 27.3 Å². The molecule has 2 heterocycles. The van der Waals surface area contributed by atoms with Gasteiger partial charge >= 0.3 is 0 Å². The lowest BCUT2D eigenvalue weighted by molar-refractivity contribution is 0.0753. The third-order valence-corrected chi connectivity index (χ3v) is 3.80. The lowest BCUT2D eigenvalue weighted by atomic mass is 10.1. The van der Waals surface area contributed by atoms with Crippen molar-refractivity contribution >= 4 is 17.2 Å². The summed E-state index contributed by atoms with van der Waals surface area (Å²) in [6.45, 7) is 7.09. The second-order valence-corrected chi connectivity index (χ2v) is 5.24. The molecule has 0 spiro atoms. The van der Waals surface area contributed by atoms with E-state index in [4.69, 9.17) is 0 Å². The molecule has 96 valence electrons. The van der Waals surface area contributed by atoms with Gasteiger partial charge in [0.05, 0.1) is 17.8 Å². The van der Waals surface area contributed by atoms with Gasteiger partial charge in [-0.05, 0) is 32.2 Å². The van der Waals surface area contributed by atoms with Crippen LogP contribution in [0.3, 0.4) is 0 Å². The van der Waals surface area contributed by atoms with Crippen molar-refractivity contribution < 1.29 is 4.79 Å². The number of hydrogen-bond acceptors (Lipinski definition) is 3. The molecule has 0 saturated heterocycles. The van der Waals surface area contributed by atoms with Crippen molar-refractivity contribution in [1.82, 2.24) is 15.1 Å². The van der Waals surface area contributed by atoms with Crippen LogP contribution in [0.2, 0.25) is 0 Å². The van der Waals surface area contributed by atoms with Gasteiger partial charge in [-0.25, -0.2) is 0 Å². The number of thiophene rings is 1. The highest BCUT2D eigenvalue weighted by Crippen LogP contribution is 2.17. The summed E-state index contributed by atoms with van der Waals surface area (Å²) in [6.07, 6.45) is 0.